The molecule has 1 aromatic heterocycles. The molecule has 3 rings (SSSR count). The van der Waals surface area contributed by atoms with Crippen molar-refractivity contribution in [1.82, 2.24) is 15.2 Å². The first-order valence-electron chi connectivity index (χ1n) is 8.34. The Hall–Kier alpha value is -2.46. The van der Waals surface area contributed by atoms with E-state index in [4.69, 9.17) is 0 Å². The molecule has 0 bridgehead atoms. The molecule has 0 radical (unpaired) electrons. The molecule has 1 aliphatic heterocycles. The molecule has 130 valence electrons. The second-order valence-corrected chi connectivity index (χ2v) is 7.58. The molecule has 0 unspecified atom stereocenters. The maximum atomic E-state index is 12.5. The van der Waals surface area contributed by atoms with Gasteiger partial charge in [0.1, 0.15) is 5.01 Å². The van der Waals surface area contributed by atoms with Gasteiger partial charge in [0, 0.05) is 25.0 Å². The molecule has 1 aromatic carbocycles. The van der Waals surface area contributed by atoms with Crippen LogP contribution in [0.15, 0.2) is 24.3 Å². The maximum Gasteiger partial charge on any atom is 0.244 e. The van der Waals surface area contributed by atoms with Crippen LogP contribution in [0.1, 0.15) is 31.2 Å². The second-order valence-electron chi connectivity index (χ2n) is 6.52. The van der Waals surface area contributed by atoms with Crippen molar-refractivity contribution in [3.8, 4) is 6.07 Å². The van der Waals surface area contributed by atoms with E-state index in [1.807, 2.05) is 38.1 Å². The SMILES string of the molecule is CC(C)C(=O)N1CC[C@@H](NC(=O)[C@@H](C#N)c2nc3ccccc3s2)C1. The van der Waals surface area contributed by atoms with Gasteiger partial charge in [0.15, 0.2) is 5.92 Å². The summed E-state index contributed by atoms with van der Waals surface area (Å²) < 4.78 is 0.958. The number of nitriles is 1. The van der Waals surface area contributed by atoms with Crippen LogP contribution in [-0.2, 0) is 9.59 Å². The third kappa shape index (κ3) is 3.64. The van der Waals surface area contributed by atoms with E-state index in [1.165, 1.54) is 11.3 Å². The number of aromatic nitrogens is 1. The highest BCUT2D eigenvalue weighted by Crippen LogP contribution is 2.27. The molecular formula is C18H20N4O2S. The normalized spacial score (nSPS) is 18.3. The monoisotopic (exact) mass is 356 g/mol. The van der Waals surface area contributed by atoms with Crippen molar-refractivity contribution < 1.29 is 9.59 Å². The molecule has 2 aromatic rings. The standard InChI is InChI=1S/C18H20N4O2S/c1-11(2)18(24)22-8-7-12(10-22)20-16(23)13(9-19)17-21-14-5-3-4-6-15(14)25-17/h3-6,11-13H,7-8,10H2,1-2H3,(H,20,23)/t12-,13-/m1/s1. The molecule has 0 spiro atoms. The molecule has 1 fully saturated rings. The number of fused-ring (bicyclic) bond motifs is 1. The Morgan fingerprint density at radius 3 is 2.84 bits per heavy atom. The van der Waals surface area contributed by atoms with Crippen LogP contribution in [0.3, 0.4) is 0 Å². The number of carbonyl (C=O) groups is 2. The van der Waals surface area contributed by atoms with Crippen LogP contribution in [0, 0.1) is 17.2 Å². The average molecular weight is 356 g/mol. The van der Waals surface area contributed by atoms with E-state index in [0.29, 0.717) is 24.5 Å². The predicted molar refractivity (Wildman–Crippen MR) is 95.9 cm³/mol. The van der Waals surface area contributed by atoms with Crippen LogP contribution in [0.2, 0.25) is 0 Å². The second kappa shape index (κ2) is 7.19. The summed E-state index contributed by atoms with van der Waals surface area (Å²) in [7, 11) is 0. The number of amides is 2. The van der Waals surface area contributed by atoms with Gasteiger partial charge >= 0.3 is 0 Å². The number of nitrogens with one attached hydrogen (secondary N) is 1. The van der Waals surface area contributed by atoms with Crippen molar-refractivity contribution in [2.24, 2.45) is 5.92 Å². The lowest BCUT2D eigenvalue weighted by Crippen LogP contribution is -2.41. The minimum atomic E-state index is -0.924. The minimum absolute atomic E-state index is 0.0518. The van der Waals surface area contributed by atoms with Crippen LogP contribution in [-0.4, -0.2) is 40.8 Å². The number of hydrogen-bond donors (Lipinski definition) is 1. The fourth-order valence-corrected chi connectivity index (χ4v) is 3.98. The van der Waals surface area contributed by atoms with Crippen LogP contribution in [0.5, 0.6) is 0 Å². The Morgan fingerprint density at radius 1 is 1.40 bits per heavy atom. The van der Waals surface area contributed by atoms with Crippen molar-refractivity contribution >= 4 is 33.4 Å². The lowest BCUT2D eigenvalue weighted by atomic mass is 10.1. The Kier molecular flexibility index (Phi) is 5.00. The first-order chi connectivity index (χ1) is 12.0. The van der Waals surface area contributed by atoms with E-state index >= 15 is 0 Å². The molecule has 7 heteroatoms. The topological polar surface area (TPSA) is 86.1 Å². The number of nitrogens with zero attached hydrogens (tertiary/aromatic N) is 3. The third-order valence-corrected chi connectivity index (χ3v) is 5.39. The Labute approximate surface area is 150 Å². The summed E-state index contributed by atoms with van der Waals surface area (Å²) in [6.07, 6.45) is 0.711. The number of thiazole rings is 1. The van der Waals surface area contributed by atoms with Gasteiger partial charge in [-0.05, 0) is 18.6 Å². The van der Waals surface area contributed by atoms with Gasteiger partial charge in [-0.2, -0.15) is 5.26 Å². The molecule has 2 amide bonds. The summed E-state index contributed by atoms with van der Waals surface area (Å²) in [4.78, 5) is 30.8. The van der Waals surface area contributed by atoms with Crippen molar-refractivity contribution in [2.75, 3.05) is 13.1 Å². The summed E-state index contributed by atoms with van der Waals surface area (Å²) in [5.74, 6) is -1.22. The van der Waals surface area contributed by atoms with Gasteiger partial charge in [-0.25, -0.2) is 4.98 Å². The van der Waals surface area contributed by atoms with Crippen LogP contribution < -0.4 is 5.32 Å². The lowest BCUT2D eigenvalue weighted by Gasteiger charge is -2.19. The van der Waals surface area contributed by atoms with Crippen molar-refractivity contribution in [2.45, 2.75) is 32.2 Å². The molecule has 1 saturated heterocycles. The highest BCUT2D eigenvalue weighted by Gasteiger charge is 2.31. The summed E-state index contributed by atoms with van der Waals surface area (Å²) in [5, 5.41) is 12.9. The zero-order valence-electron chi connectivity index (χ0n) is 14.2. The highest BCUT2D eigenvalue weighted by atomic mass is 32.1. The zero-order chi connectivity index (χ0) is 18.0. The molecular weight excluding hydrogens is 336 g/mol. The number of benzene rings is 1. The van der Waals surface area contributed by atoms with E-state index in [1.54, 1.807) is 4.90 Å². The highest BCUT2D eigenvalue weighted by molar-refractivity contribution is 7.18. The van der Waals surface area contributed by atoms with Crippen LogP contribution in [0.25, 0.3) is 10.2 Å². The molecule has 0 aliphatic carbocycles. The van der Waals surface area contributed by atoms with E-state index in [-0.39, 0.29) is 23.8 Å². The van der Waals surface area contributed by atoms with Crippen molar-refractivity contribution in [1.29, 1.82) is 5.26 Å². The zero-order valence-corrected chi connectivity index (χ0v) is 15.0. The van der Waals surface area contributed by atoms with Gasteiger partial charge in [0.2, 0.25) is 11.8 Å². The first-order valence-corrected chi connectivity index (χ1v) is 9.15. The fourth-order valence-electron chi connectivity index (χ4n) is 2.97. The van der Waals surface area contributed by atoms with Crippen molar-refractivity contribution in [3.63, 3.8) is 0 Å². The van der Waals surface area contributed by atoms with Crippen molar-refractivity contribution in [3.05, 3.63) is 29.3 Å². The van der Waals surface area contributed by atoms with E-state index < -0.39 is 5.92 Å². The number of rotatable bonds is 4. The molecule has 6 nitrogen and oxygen atoms in total. The molecule has 0 saturated carbocycles. The summed E-state index contributed by atoms with van der Waals surface area (Å²) >= 11 is 1.37. The smallest absolute Gasteiger partial charge is 0.244 e. The van der Waals surface area contributed by atoms with E-state index in [2.05, 4.69) is 16.4 Å². The Morgan fingerprint density at radius 2 is 2.16 bits per heavy atom. The molecule has 2 atom stereocenters. The maximum absolute atomic E-state index is 12.5. The van der Waals surface area contributed by atoms with E-state index in [9.17, 15) is 14.9 Å². The first kappa shape index (κ1) is 17.4. The minimum Gasteiger partial charge on any atom is -0.350 e. The number of likely N-dealkylation sites (tertiary alicyclic amines) is 1. The molecule has 2 heterocycles. The summed E-state index contributed by atoms with van der Waals surface area (Å²) in [5.41, 5.74) is 0.796. The largest absolute Gasteiger partial charge is 0.350 e. The molecule has 25 heavy (non-hydrogen) atoms. The predicted octanol–water partition coefficient (Wildman–Crippen LogP) is 2.28. The average Bonchev–Trinajstić information content (AvgIpc) is 3.21. The van der Waals surface area contributed by atoms with Gasteiger partial charge in [-0.3, -0.25) is 9.59 Å². The van der Waals surface area contributed by atoms with Gasteiger partial charge in [-0.15, -0.1) is 11.3 Å². The van der Waals surface area contributed by atoms with Gasteiger partial charge in [-0.1, -0.05) is 26.0 Å². The quantitative estimate of drug-likeness (QED) is 0.910. The van der Waals surface area contributed by atoms with Gasteiger partial charge in [0.25, 0.3) is 0 Å². The van der Waals surface area contributed by atoms with E-state index in [0.717, 1.165) is 10.2 Å². The number of hydrogen-bond acceptors (Lipinski definition) is 5. The summed E-state index contributed by atoms with van der Waals surface area (Å²) in [6.45, 7) is 4.88. The Bertz CT molecular complexity index is 806. The lowest BCUT2D eigenvalue weighted by molar-refractivity contribution is -0.133. The number of carbonyl (C=O) groups excluding carboxylic acids is 2. The van der Waals surface area contributed by atoms with Crippen LogP contribution in [0.4, 0.5) is 0 Å². The molecule has 1 N–H and O–H groups in total. The number of para-hydroxylation sites is 1. The molecule has 1 aliphatic rings. The van der Waals surface area contributed by atoms with Gasteiger partial charge in [0.05, 0.1) is 16.3 Å². The van der Waals surface area contributed by atoms with Gasteiger partial charge < -0.3 is 10.2 Å². The fraction of sp³-hybridized carbons (Fsp3) is 0.444. The van der Waals surface area contributed by atoms with Crippen LogP contribution >= 0.6 is 11.3 Å². The Balaban J connectivity index is 1.67. The summed E-state index contributed by atoms with van der Waals surface area (Å²) in [6, 6.07) is 9.53. The third-order valence-electron chi connectivity index (χ3n) is 4.29.